The first-order valence-electron chi connectivity index (χ1n) is 3.28. The third-order valence-electron chi connectivity index (χ3n) is 1.64. The van der Waals surface area contributed by atoms with Crippen LogP contribution in [0.5, 0.6) is 0 Å². The van der Waals surface area contributed by atoms with Crippen molar-refractivity contribution in [1.82, 2.24) is 0 Å². The molecule has 1 rings (SSSR count). The van der Waals surface area contributed by atoms with Gasteiger partial charge in [0.05, 0.1) is 12.7 Å². The van der Waals surface area contributed by atoms with Gasteiger partial charge in [0.2, 0.25) is 0 Å². The predicted molar refractivity (Wildman–Crippen MR) is 33.2 cm³/mol. The molecule has 0 aromatic rings. The first-order chi connectivity index (χ1) is 3.84. The predicted octanol–water partition coefficient (Wildman–Crippen LogP) is 1.98. The summed E-state index contributed by atoms with van der Waals surface area (Å²) in [5.41, 5.74) is 0. The number of rotatable bonds is 3. The largest absolute Gasteiger partial charge is 0.373 e. The molecule has 47 valence electrons. The Labute approximate surface area is 51.0 Å². The van der Waals surface area contributed by atoms with Crippen LogP contribution in [-0.2, 0) is 4.74 Å². The van der Waals surface area contributed by atoms with Gasteiger partial charge >= 0.3 is 0 Å². The summed E-state index contributed by atoms with van der Waals surface area (Å²) in [4.78, 5) is 0. The van der Waals surface area contributed by atoms with Crippen molar-refractivity contribution < 1.29 is 4.74 Å². The second-order valence-corrected chi connectivity index (χ2v) is 2.41. The Hall–Kier alpha value is -0.0400. The third-order valence-corrected chi connectivity index (χ3v) is 1.64. The SMILES string of the molecule is C[CH]OC(C)C1CC1. The Morgan fingerprint density at radius 2 is 2.25 bits per heavy atom. The number of ether oxygens (including phenoxy) is 1. The Bertz CT molecular complexity index is 66.8. The van der Waals surface area contributed by atoms with Gasteiger partial charge in [0, 0.05) is 0 Å². The lowest BCUT2D eigenvalue weighted by molar-refractivity contribution is 0.106. The molecule has 1 saturated carbocycles. The molecule has 1 aliphatic rings. The molecule has 0 spiro atoms. The van der Waals surface area contributed by atoms with Gasteiger partial charge in [-0.25, -0.2) is 0 Å². The lowest BCUT2D eigenvalue weighted by atomic mass is 10.3. The fourth-order valence-corrected chi connectivity index (χ4v) is 0.891. The first kappa shape index (κ1) is 6.09. The van der Waals surface area contributed by atoms with Crippen molar-refractivity contribution in [3.05, 3.63) is 6.61 Å². The lowest BCUT2D eigenvalue weighted by Gasteiger charge is -2.07. The topological polar surface area (TPSA) is 9.23 Å². The highest BCUT2D eigenvalue weighted by Gasteiger charge is 2.27. The van der Waals surface area contributed by atoms with Crippen molar-refractivity contribution in [3.8, 4) is 0 Å². The van der Waals surface area contributed by atoms with Crippen LogP contribution in [-0.4, -0.2) is 6.10 Å². The molecule has 1 aliphatic carbocycles. The molecule has 0 aromatic carbocycles. The van der Waals surface area contributed by atoms with Gasteiger partial charge < -0.3 is 4.74 Å². The van der Waals surface area contributed by atoms with Crippen LogP contribution in [0.15, 0.2) is 0 Å². The van der Waals surface area contributed by atoms with Gasteiger partial charge in [0.1, 0.15) is 0 Å². The van der Waals surface area contributed by atoms with E-state index in [1.807, 2.05) is 6.92 Å². The van der Waals surface area contributed by atoms with E-state index in [-0.39, 0.29) is 0 Å². The zero-order valence-corrected chi connectivity index (χ0v) is 5.55. The molecule has 1 unspecified atom stereocenters. The van der Waals surface area contributed by atoms with Crippen molar-refractivity contribution in [2.24, 2.45) is 5.92 Å². The van der Waals surface area contributed by atoms with Crippen molar-refractivity contribution in [1.29, 1.82) is 0 Å². The average Bonchev–Trinajstić information content (AvgIpc) is 2.45. The normalized spacial score (nSPS) is 23.2. The highest BCUT2D eigenvalue weighted by Crippen LogP contribution is 2.34. The van der Waals surface area contributed by atoms with Crippen LogP contribution in [0.2, 0.25) is 0 Å². The summed E-state index contributed by atoms with van der Waals surface area (Å²) in [7, 11) is 0. The Morgan fingerprint density at radius 1 is 1.62 bits per heavy atom. The molecule has 0 heterocycles. The first-order valence-corrected chi connectivity index (χ1v) is 3.28. The summed E-state index contributed by atoms with van der Waals surface area (Å²) in [5.74, 6) is 0.867. The van der Waals surface area contributed by atoms with Crippen LogP contribution in [0, 0.1) is 12.5 Å². The number of hydrogen-bond acceptors (Lipinski definition) is 1. The zero-order chi connectivity index (χ0) is 5.98. The van der Waals surface area contributed by atoms with Gasteiger partial charge in [-0.2, -0.15) is 0 Å². The molecule has 0 bridgehead atoms. The highest BCUT2D eigenvalue weighted by molar-refractivity contribution is 4.79. The quantitative estimate of drug-likeness (QED) is 0.543. The summed E-state index contributed by atoms with van der Waals surface area (Å²) < 4.78 is 5.24. The van der Waals surface area contributed by atoms with Gasteiger partial charge in [-0.05, 0) is 32.6 Å². The fraction of sp³-hybridized carbons (Fsp3) is 0.857. The second kappa shape index (κ2) is 2.49. The summed E-state index contributed by atoms with van der Waals surface area (Å²) in [6.07, 6.45) is 3.21. The minimum Gasteiger partial charge on any atom is -0.373 e. The van der Waals surface area contributed by atoms with E-state index in [1.165, 1.54) is 12.8 Å². The molecule has 1 radical (unpaired) electrons. The Kier molecular flexibility index (Phi) is 1.90. The summed E-state index contributed by atoms with van der Waals surface area (Å²) in [5, 5.41) is 0. The van der Waals surface area contributed by atoms with Gasteiger partial charge in [0.25, 0.3) is 0 Å². The van der Waals surface area contributed by atoms with Gasteiger partial charge in [-0.1, -0.05) is 0 Å². The molecule has 0 saturated heterocycles. The molecule has 8 heavy (non-hydrogen) atoms. The third kappa shape index (κ3) is 1.48. The number of hydrogen-bond donors (Lipinski definition) is 0. The van der Waals surface area contributed by atoms with E-state index in [9.17, 15) is 0 Å². The summed E-state index contributed by atoms with van der Waals surface area (Å²) in [6, 6.07) is 0. The minimum absolute atomic E-state index is 0.472. The molecule has 0 aromatic heterocycles. The van der Waals surface area contributed by atoms with Crippen molar-refractivity contribution in [2.75, 3.05) is 0 Å². The van der Waals surface area contributed by atoms with Gasteiger partial charge in [-0.15, -0.1) is 0 Å². The molecule has 1 heteroatoms. The Morgan fingerprint density at radius 3 is 2.62 bits per heavy atom. The van der Waals surface area contributed by atoms with Crippen LogP contribution in [0.1, 0.15) is 26.7 Å². The molecular weight excluding hydrogens is 100 g/mol. The van der Waals surface area contributed by atoms with Gasteiger partial charge in [-0.3, -0.25) is 0 Å². The van der Waals surface area contributed by atoms with E-state index < -0.39 is 0 Å². The van der Waals surface area contributed by atoms with Crippen LogP contribution < -0.4 is 0 Å². The summed E-state index contributed by atoms with van der Waals surface area (Å²) >= 11 is 0. The molecule has 1 fully saturated rings. The van der Waals surface area contributed by atoms with Crippen molar-refractivity contribution in [3.63, 3.8) is 0 Å². The minimum atomic E-state index is 0.472. The second-order valence-electron chi connectivity index (χ2n) is 2.41. The molecule has 0 N–H and O–H groups in total. The highest BCUT2D eigenvalue weighted by atomic mass is 16.5. The van der Waals surface area contributed by atoms with E-state index in [2.05, 4.69) is 6.92 Å². The van der Waals surface area contributed by atoms with E-state index in [4.69, 9.17) is 4.74 Å². The van der Waals surface area contributed by atoms with E-state index in [1.54, 1.807) is 6.61 Å². The van der Waals surface area contributed by atoms with Crippen molar-refractivity contribution in [2.45, 2.75) is 32.8 Å². The average molecular weight is 113 g/mol. The zero-order valence-electron chi connectivity index (χ0n) is 5.55. The molecule has 1 nitrogen and oxygen atoms in total. The lowest BCUT2D eigenvalue weighted by Crippen LogP contribution is -2.06. The maximum absolute atomic E-state index is 5.24. The fourth-order valence-electron chi connectivity index (χ4n) is 0.891. The maximum Gasteiger partial charge on any atom is 0.0809 e. The molecule has 0 amide bonds. The smallest absolute Gasteiger partial charge is 0.0809 e. The van der Waals surface area contributed by atoms with Crippen LogP contribution >= 0.6 is 0 Å². The van der Waals surface area contributed by atoms with E-state index in [0.717, 1.165) is 5.92 Å². The summed E-state index contributed by atoms with van der Waals surface area (Å²) in [6.45, 7) is 5.85. The van der Waals surface area contributed by atoms with E-state index >= 15 is 0 Å². The van der Waals surface area contributed by atoms with Crippen LogP contribution in [0.4, 0.5) is 0 Å². The van der Waals surface area contributed by atoms with Crippen molar-refractivity contribution >= 4 is 0 Å². The molecule has 1 atom stereocenters. The monoisotopic (exact) mass is 113 g/mol. The Balaban J connectivity index is 2.03. The molecule has 0 aliphatic heterocycles. The van der Waals surface area contributed by atoms with Crippen LogP contribution in [0.25, 0.3) is 0 Å². The van der Waals surface area contributed by atoms with Crippen LogP contribution in [0.3, 0.4) is 0 Å². The van der Waals surface area contributed by atoms with E-state index in [0.29, 0.717) is 6.10 Å². The maximum atomic E-state index is 5.24. The van der Waals surface area contributed by atoms with Gasteiger partial charge in [0.15, 0.2) is 0 Å². The standard InChI is InChI=1S/C7H13O/c1-3-8-6(2)7-4-5-7/h3,6-7H,4-5H2,1-2H3. The molecular formula is C7H13O.